The van der Waals surface area contributed by atoms with E-state index in [1.54, 1.807) is 27.9 Å². The molecular weight excluding hydrogens is 414 g/mol. The zero-order chi connectivity index (χ0) is 22.6. The van der Waals surface area contributed by atoms with E-state index < -0.39 is 22.5 Å². The van der Waals surface area contributed by atoms with Crippen LogP contribution in [0.2, 0.25) is 0 Å². The molecule has 0 aliphatic rings. The van der Waals surface area contributed by atoms with E-state index >= 15 is 0 Å². The van der Waals surface area contributed by atoms with Crippen molar-refractivity contribution < 1.29 is 24.0 Å². The fourth-order valence-electron chi connectivity index (χ4n) is 2.55. The lowest BCUT2D eigenvalue weighted by Crippen LogP contribution is -2.21. The normalized spacial score (nSPS) is 10.6. The molecular formula is C18H23N5O6S. The molecule has 0 aromatic carbocycles. The Hall–Kier alpha value is -3.28. The van der Waals surface area contributed by atoms with Gasteiger partial charge in [-0.05, 0) is 25.8 Å². The van der Waals surface area contributed by atoms with E-state index in [0.29, 0.717) is 18.5 Å². The predicted octanol–water partition coefficient (Wildman–Crippen LogP) is 2.70. The van der Waals surface area contributed by atoms with Crippen LogP contribution in [0.25, 0.3) is 0 Å². The number of rotatable bonds is 8. The van der Waals surface area contributed by atoms with Crippen molar-refractivity contribution in [1.82, 2.24) is 14.7 Å². The van der Waals surface area contributed by atoms with Crippen LogP contribution >= 0.6 is 11.3 Å². The average Bonchev–Trinajstić information content (AvgIpc) is 3.27. The highest BCUT2D eigenvalue weighted by Crippen LogP contribution is 2.35. The first kappa shape index (κ1) is 23.0. The lowest BCUT2D eigenvalue weighted by Gasteiger charge is -2.09. The average molecular weight is 437 g/mol. The second-order valence-electron chi connectivity index (χ2n) is 6.53. The molecule has 2 heterocycles. The summed E-state index contributed by atoms with van der Waals surface area (Å²) in [6.45, 7) is 5.65. The van der Waals surface area contributed by atoms with E-state index in [-0.39, 0.29) is 33.6 Å². The van der Waals surface area contributed by atoms with Crippen LogP contribution in [0.5, 0.6) is 0 Å². The molecule has 0 atom stereocenters. The van der Waals surface area contributed by atoms with Crippen molar-refractivity contribution in [2.75, 3.05) is 26.0 Å². The van der Waals surface area contributed by atoms with Crippen molar-refractivity contribution in [3.05, 3.63) is 38.0 Å². The first-order chi connectivity index (χ1) is 14.1. The number of hydrogen-bond acceptors (Lipinski definition) is 8. The minimum Gasteiger partial charge on any atom is -0.462 e. The fourth-order valence-corrected chi connectivity index (χ4v) is 3.76. The van der Waals surface area contributed by atoms with Gasteiger partial charge in [0.05, 0.1) is 22.0 Å². The van der Waals surface area contributed by atoms with Crippen molar-refractivity contribution >= 4 is 39.8 Å². The van der Waals surface area contributed by atoms with Gasteiger partial charge in [0, 0.05) is 20.6 Å². The zero-order valence-electron chi connectivity index (χ0n) is 17.3. The van der Waals surface area contributed by atoms with Gasteiger partial charge in [0.15, 0.2) is 0 Å². The lowest BCUT2D eigenvalue weighted by atomic mass is 10.1. The van der Waals surface area contributed by atoms with E-state index in [4.69, 9.17) is 4.74 Å². The number of nitrogens with one attached hydrogen (secondary N) is 1. The number of anilines is 1. The van der Waals surface area contributed by atoms with Crippen LogP contribution in [0.3, 0.4) is 0 Å². The molecule has 2 aromatic rings. The van der Waals surface area contributed by atoms with Crippen LogP contribution in [-0.4, -0.2) is 58.1 Å². The highest BCUT2D eigenvalue weighted by Gasteiger charge is 2.30. The number of thiophene rings is 1. The first-order valence-corrected chi connectivity index (χ1v) is 9.99. The molecule has 1 N–H and O–H groups in total. The second-order valence-corrected chi connectivity index (χ2v) is 7.55. The molecule has 0 bridgehead atoms. The third kappa shape index (κ3) is 4.64. The Kier molecular flexibility index (Phi) is 7.27. The summed E-state index contributed by atoms with van der Waals surface area (Å²) in [5, 5.41) is 17.8. The van der Waals surface area contributed by atoms with Crippen molar-refractivity contribution in [3.8, 4) is 0 Å². The van der Waals surface area contributed by atoms with Crippen LogP contribution in [-0.2, 0) is 11.3 Å². The van der Waals surface area contributed by atoms with Gasteiger partial charge < -0.3 is 15.0 Å². The highest BCUT2D eigenvalue weighted by molar-refractivity contribution is 7.18. The summed E-state index contributed by atoms with van der Waals surface area (Å²) in [6.07, 6.45) is 1.76. The molecule has 2 aromatic heterocycles. The molecule has 0 aliphatic heterocycles. The standard InChI is InChI=1S/C18H23N5O6S/c1-6-8-29-18(26)12-10(3)14(17(25)21(4)5)30-16(12)19-15(24)13-11(23(27)28)9-22(7-2)20-13/h9H,6-8H2,1-5H3,(H,19,24). The molecule has 0 spiro atoms. The summed E-state index contributed by atoms with van der Waals surface area (Å²) >= 11 is 0.906. The fraction of sp³-hybridized carbons (Fsp3) is 0.444. The number of aryl methyl sites for hydroxylation is 1. The molecule has 30 heavy (non-hydrogen) atoms. The number of nitrogens with zero attached hydrogens (tertiary/aromatic N) is 4. The van der Waals surface area contributed by atoms with Gasteiger partial charge in [-0.25, -0.2) is 4.79 Å². The molecule has 162 valence electrons. The molecule has 0 unspecified atom stereocenters. The SMILES string of the molecule is CCCOC(=O)c1c(NC(=O)c2nn(CC)cc2[N+](=O)[O-])sc(C(=O)N(C)C)c1C. The molecule has 2 amide bonds. The van der Waals surface area contributed by atoms with Crippen LogP contribution < -0.4 is 5.32 Å². The Bertz CT molecular complexity index is 994. The number of aromatic nitrogens is 2. The van der Waals surface area contributed by atoms with Crippen molar-refractivity contribution in [1.29, 1.82) is 0 Å². The Morgan fingerprint density at radius 1 is 1.33 bits per heavy atom. The number of esters is 1. The van der Waals surface area contributed by atoms with Gasteiger partial charge in [0.25, 0.3) is 11.8 Å². The topological polar surface area (TPSA) is 137 Å². The third-order valence-electron chi connectivity index (χ3n) is 4.09. The van der Waals surface area contributed by atoms with Gasteiger partial charge in [-0.3, -0.25) is 24.4 Å². The van der Waals surface area contributed by atoms with Crippen LogP contribution in [0.4, 0.5) is 10.7 Å². The Morgan fingerprint density at radius 3 is 2.53 bits per heavy atom. The molecule has 0 saturated carbocycles. The van der Waals surface area contributed by atoms with Crippen molar-refractivity contribution in [2.24, 2.45) is 0 Å². The highest BCUT2D eigenvalue weighted by atomic mass is 32.1. The van der Waals surface area contributed by atoms with Gasteiger partial charge in [-0.15, -0.1) is 11.3 Å². The summed E-state index contributed by atoms with van der Waals surface area (Å²) < 4.78 is 6.45. The minimum atomic E-state index is -0.858. The quantitative estimate of drug-likeness (QED) is 0.381. The molecule has 0 aliphatic carbocycles. The Labute approximate surface area is 176 Å². The maximum absolute atomic E-state index is 12.7. The van der Waals surface area contributed by atoms with Crippen molar-refractivity contribution in [3.63, 3.8) is 0 Å². The largest absolute Gasteiger partial charge is 0.462 e. The summed E-state index contributed by atoms with van der Waals surface area (Å²) in [5.74, 6) is -1.89. The lowest BCUT2D eigenvalue weighted by molar-refractivity contribution is -0.385. The van der Waals surface area contributed by atoms with Gasteiger partial charge in [-0.1, -0.05) is 6.92 Å². The maximum atomic E-state index is 12.7. The molecule has 0 radical (unpaired) electrons. The monoisotopic (exact) mass is 437 g/mol. The van der Waals surface area contributed by atoms with Crippen molar-refractivity contribution in [2.45, 2.75) is 33.7 Å². The van der Waals surface area contributed by atoms with Crippen LogP contribution in [0.15, 0.2) is 6.20 Å². The summed E-state index contributed by atoms with van der Waals surface area (Å²) in [5.41, 5.74) is -0.433. The van der Waals surface area contributed by atoms with Crippen LogP contribution in [0.1, 0.15) is 56.3 Å². The minimum absolute atomic E-state index is 0.0459. The van der Waals surface area contributed by atoms with E-state index in [2.05, 4.69) is 10.4 Å². The maximum Gasteiger partial charge on any atom is 0.341 e. The molecule has 2 rings (SSSR count). The molecule has 11 nitrogen and oxygen atoms in total. The summed E-state index contributed by atoms with van der Waals surface area (Å²) in [6, 6.07) is 0. The number of amides is 2. The van der Waals surface area contributed by atoms with E-state index in [0.717, 1.165) is 17.5 Å². The number of carbonyl (C=O) groups is 3. The Morgan fingerprint density at radius 2 is 2.00 bits per heavy atom. The molecule has 12 heteroatoms. The number of carbonyl (C=O) groups excluding carboxylic acids is 3. The van der Waals surface area contributed by atoms with Gasteiger partial charge >= 0.3 is 11.7 Å². The van der Waals surface area contributed by atoms with E-state index in [1.807, 2.05) is 6.92 Å². The second kappa shape index (κ2) is 9.48. The molecule has 0 fully saturated rings. The number of hydrogen-bond donors (Lipinski definition) is 1. The summed E-state index contributed by atoms with van der Waals surface area (Å²) in [4.78, 5) is 50.0. The summed E-state index contributed by atoms with van der Waals surface area (Å²) in [7, 11) is 3.13. The molecule has 0 saturated heterocycles. The van der Waals surface area contributed by atoms with Gasteiger partial charge in [-0.2, -0.15) is 5.10 Å². The van der Waals surface area contributed by atoms with Gasteiger partial charge in [0.2, 0.25) is 5.69 Å². The van der Waals surface area contributed by atoms with E-state index in [1.165, 1.54) is 9.58 Å². The predicted molar refractivity (Wildman–Crippen MR) is 110 cm³/mol. The number of nitro groups is 1. The smallest absolute Gasteiger partial charge is 0.341 e. The number of ether oxygens (including phenoxy) is 1. The zero-order valence-corrected chi connectivity index (χ0v) is 18.2. The third-order valence-corrected chi connectivity index (χ3v) is 5.29. The van der Waals surface area contributed by atoms with Crippen LogP contribution in [0, 0.1) is 17.0 Å². The van der Waals surface area contributed by atoms with Gasteiger partial charge in [0.1, 0.15) is 11.2 Å². The first-order valence-electron chi connectivity index (χ1n) is 9.17. The van der Waals surface area contributed by atoms with E-state index in [9.17, 15) is 24.5 Å². The Balaban J connectivity index is 2.50.